The summed E-state index contributed by atoms with van der Waals surface area (Å²) in [6.07, 6.45) is -5.58. The van der Waals surface area contributed by atoms with Gasteiger partial charge in [0.15, 0.2) is 0 Å². The van der Waals surface area contributed by atoms with Crippen molar-refractivity contribution in [3.8, 4) is 0 Å². The normalized spacial score (nSPS) is 13.6. The van der Waals surface area contributed by atoms with Gasteiger partial charge in [-0.3, -0.25) is 19.8 Å². The summed E-state index contributed by atoms with van der Waals surface area (Å²) < 4.78 is 44.8. The highest BCUT2D eigenvalue weighted by atomic mass is 19.4. The lowest BCUT2D eigenvalue weighted by Gasteiger charge is -2.21. The van der Waals surface area contributed by atoms with Crippen molar-refractivity contribution in [2.24, 2.45) is 0 Å². The summed E-state index contributed by atoms with van der Waals surface area (Å²) in [5, 5.41) is 4.68. The van der Waals surface area contributed by atoms with Crippen molar-refractivity contribution in [3.05, 3.63) is 65.7 Å². The number of ether oxygens (including phenoxy) is 1. The summed E-state index contributed by atoms with van der Waals surface area (Å²) in [4.78, 5) is 38.5. The second-order valence-electron chi connectivity index (χ2n) is 8.32. The molecule has 0 aliphatic carbocycles. The minimum atomic E-state index is -4.68. The van der Waals surface area contributed by atoms with Gasteiger partial charge in [0.1, 0.15) is 12.1 Å². The average molecular weight is 461 g/mol. The third-order valence-corrected chi connectivity index (χ3v) is 4.60. The Morgan fingerprint density at radius 1 is 1.00 bits per heavy atom. The Balaban J connectivity index is 1.82. The molecule has 174 valence electrons. The molecule has 3 rings (SSSR count). The fraction of sp³-hybridized carbons (Fsp3) is 0.261. The molecular formula is C23H22F3N3O4. The number of alkyl halides is 3. The van der Waals surface area contributed by atoms with E-state index < -0.39 is 41.8 Å². The summed E-state index contributed by atoms with van der Waals surface area (Å²) in [6, 6.07) is 9.14. The van der Waals surface area contributed by atoms with Crippen LogP contribution in [0.3, 0.4) is 0 Å². The maximum atomic E-state index is 13.2. The van der Waals surface area contributed by atoms with Gasteiger partial charge in [-0.15, -0.1) is 0 Å². The van der Waals surface area contributed by atoms with Crippen LogP contribution >= 0.6 is 0 Å². The van der Waals surface area contributed by atoms with Gasteiger partial charge in [-0.2, -0.15) is 13.2 Å². The molecule has 0 bridgehead atoms. The first-order valence-corrected chi connectivity index (χ1v) is 9.87. The largest absolute Gasteiger partial charge is 0.444 e. The summed E-state index contributed by atoms with van der Waals surface area (Å²) in [7, 11) is 0. The molecule has 1 aliphatic heterocycles. The SMILES string of the molecule is C=C1c2ccccc2C(=O)N1CC(=O)Nc1cc(C(F)(F)F)ccc1NC(=O)OC(C)(C)C. The molecule has 0 saturated heterocycles. The van der Waals surface area contributed by atoms with E-state index in [1.54, 1.807) is 45.0 Å². The Hall–Kier alpha value is -3.82. The van der Waals surface area contributed by atoms with Crippen LogP contribution < -0.4 is 10.6 Å². The number of halogens is 3. The Labute approximate surface area is 188 Å². The number of nitrogens with zero attached hydrogens (tertiary/aromatic N) is 1. The number of hydrogen-bond acceptors (Lipinski definition) is 4. The van der Waals surface area contributed by atoms with Crippen LogP contribution in [0.25, 0.3) is 5.70 Å². The number of benzene rings is 2. The fourth-order valence-corrected chi connectivity index (χ4v) is 3.18. The Morgan fingerprint density at radius 3 is 2.21 bits per heavy atom. The number of amides is 3. The molecule has 0 radical (unpaired) electrons. The van der Waals surface area contributed by atoms with E-state index in [-0.39, 0.29) is 11.4 Å². The van der Waals surface area contributed by atoms with Crippen molar-refractivity contribution in [1.82, 2.24) is 4.90 Å². The third kappa shape index (κ3) is 5.51. The maximum absolute atomic E-state index is 13.2. The number of carbonyl (C=O) groups excluding carboxylic acids is 3. The van der Waals surface area contributed by atoms with Crippen LogP contribution in [0.1, 0.15) is 42.3 Å². The van der Waals surface area contributed by atoms with Crippen molar-refractivity contribution in [1.29, 1.82) is 0 Å². The predicted octanol–water partition coefficient (Wildman–Crippen LogP) is 5.12. The quantitative estimate of drug-likeness (QED) is 0.662. The first-order valence-electron chi connectivity index (χ1n) is 9.87. The number of nitrogens with one attached hydrogen (secondary N) is 2. The van der Waals surface area contributed by atoms with E-state index in [4.69, 9.17) is 4.74 Å². The Bertz CT molecular complexity index is 1100. The molecule has 2 aromatic carbocycles. The van der Waals surface area contributed by atoms with Gasteiger partial charge < -0.3 is 10.1 Å². The van der Waals surface area contributed by atoms with Gasteiger partial charge in [0.25, 0.3) is 5.91 Å². The molecule has 0 aromatic heterocycles. The summed E-state index contributed by atoms with van der Waals surface area (Å²) >= 11 is 0. The monoisotopic (exact) mass is 461 g/mol. The highest BCUT2D eigenvalue weighted by molar-refractivity contribution is 6.11. The van der Waals surface area contributed by atoms with E-state index in [1.807, 2.05) is 0 Å². The smallest absolute Gasteiger partial charge is 0.416 e. The van der Waals surface area contributed by atoms with E-state index in [1.165, 1.54) is 0 Å². The molecule has 7 nitrogen and oxygen atoms in total. The zero-order valence-electron chi connectivity index (χ0n) is 18.2. The van der Waals surface area contributed by atoms with Gasteiger partial charge in [-0.1, -0.05) is 24.8 Å². The van der Waals surface area contributed by atoms with E-state index >= 15 is 0 Å². The average Bonchev–Trinajstić information content (AvgIpc) is 2.92. The van der Waals surface area contributed by atoms with Crippen LogP contribution in [0.15, 0.2) is 49.0 Å². The molecule has 0 fully saturated rings. The second kappa shape index (κ2) is 8.61. The minimum absolute atomic E-state index is 0.0968. The van der Waals surface area contributed by atoms with Gasteiger partial charge in [-0.25, -0.2) is 4.79 Å². The van der Waals surface area contributed by atoms with Crippen molar-refractivity contribution >= 4 is 35.0 Å². The Kier molecular flexibility index (Phi) is 6.22. The molecule has 33 heavy (non-hydrogen) atoms. The Morgan fingerprint density at radius 2 is 1.64 bits per heavy atom. The lowest BCUT2D eigenvalue weighted by atomic mass is 10.1. The molecule has 3 amide bonds. The lowest BCUT2D eigenvalue weighted by molar-refractivity contribution is -0.137. The molecular weight excluding hydrogens is 439 g/mol. The van der Waals surface area contributed by atoms with E-state index in [9.17, 15) is 27.6 Å². The summed E-state index contributed by atoms with van der Waals surface area (Å²) in [6.45, 7) is 8.22. The molecule has 10 heteroatoms. The molecule has 0 unspecified atom stereocenters. The zero-order valence-corrected chi connectivity index (χ0v) is 18.2. The molecule has 2 N–H and O–H groups in total. The standard InChI is InChI=1S/C23H22F3N3O4/c1-13-15-7-5-6-8-16(15)20(31)29(13)12-19(30)27-18-11-14(23(24,25)26)9-10-17(18)28-21(32)33-22(2,3)4/h5-11H,1,12H2,2-4H3,(H,27,30)(H,28,32). The molecule has 0 spiro atoms. The molecule has 1 aliphatic rings. The number of rotatable bonds is 4. The number of anilines is 2. The first kappa shape index (κ1) is 23.8. The first-order chi connectivity index (χ1) is 15.3. The lowest BCUT2D eigenvalue weighted by Crippen LogP contribution is -2.33. The molecule has 2 aromatic rings. The number of carbonyl (C=O) groups is 3. The van der Waals surface area contributed by atoms with Crippen molar-refractivity contribution < 1.29 is 32.3 Å². The minimum Gasteiger partial charge on any atom is -0.444 e. The molecule has 0 atom stereocenters. The van der Waals surface area contributed by atoms with Crippen molar-refractivity contribution in [2.75, 3.05) is 17.2 Å². The summed E-state index contributed by atoms with van der Waals surface area (Å²) in [5.41, 5.74) is -1.01. The van der Waals surface area contributed by atoms with Crippen LogP contribution in [-0.2, 0) is 15.7 Å². The van der Waals surface area contributed by atoms with Gasteiger partial charge in [-0.05, 0) is 45.0 Å². The second-order valence-corrected chi connectivity index (χ2v) is 8.32. The predicted molar refractivity (Wildman–Crippen MR) is 116 cm³/mol. The van der Waals surface area contributed by atoms with Gasteiger partial charge in [0, 0.05) is 16.8 Å². The van der Waals surface area contributed by atoms with Crippen molar-refractivity contribution in [2.45, 2.75) is 32.5 Å². The molecule has 1 heterocycles. The number of fused-ring (bicyclic) bond motifs is 1. The van der Waals surface area contributed by atoms with Crippen LogP contribution in [0.2, 0.25) is 0 Å². The highest BCUT2D eigenvalue weighted by Crippen LogP contribution is 2.35. The molecule has 0 saturated carbocycles. The van der Waals surface area contributed by atoms with Gasteiger partial charge in [0.05, 0.1) is 16.9 Å². The van der Waals surface area contributed by atoms with E-state index in [0.717, 1.165) is 17.0 Å². The van der Waals surface area contributed by atoms with E-state index in [2.05, 4.69) is 17.2 Å². The van der Waals surface area contributed by atoms with Gasteiger partial charge >= 0.3 is 12.3 Å². The van der Waals surface area contributed by atoms with Crippen LogP contribution in [0.4, 0.5) is 29.3 Å². The van der Waals surface area contributed by atoms with Gasteiger partial charge in [0.2, 0.25) is 5.91 Å². The zero-order chi connectivity index (χ0) is 24.6. The third-order valence-electron chi connectivity index (χ3n) is 4.60. The van der Waals surface area contributed by atoms with Crippen LogP contribution in [0.5, 0.6) is 0 Å². The topological polar surface area (TPSA) is 87.7 Å². The van der Waals surface area contributed by atoms with Crippen molar-refractivity contribution in [3.63, 3.8) is 0 Å². The van der Waals surface area contributed by atoms with Crippen LogP contribution in [-0.4, -0.2) is 35.0 Å². The summed E-state index contributed by atoms with van der Waals surface area (Å²) in [5.74, 6) is -1.22. The highest BCUT2D eigenvalue weighted by Gasteiger charge is 2.33. The van der Waals surface area contributed by atoms with Crippen LogP contribution in [0, 0.1) is 0 Å². The maximum Gasteiger partial charge on any atom is 0.416 e. The fourth-order valence-electron chi connectivity index (χ4n) is 3.18. The van der Waals surface area contributed by atoms with E-state index in [0.29, 0.717) is 22.9 Å². The number of hydrogen-bond donors (Lipinski definition) is 2.